The highest BCUT2D eigenvalue weighted by molar-refractivity contribution is 4.79. The molecule has 2 rings (SSSR count). The van der Waals surface area contributed by atoms with Crippen LogP contribution in [0.2, 0.25) is 0 Å². The van der Waals surface area contributed by atoms with Crippen molar-refractivity contribution in [1.82, 2.24) is 10.2 Å². The van der Waals surface area contributed by atoms with Crippen LogP contribution in [0.4, 0.5) is 0 Å². The molecular weight excluding hydrogens is 196 g/mol. The largest absolute Gasteiger partial charge is 0.314 e. The van der Waals surface area contributed by atoms with E-state index in [2.05, 4.69) is 24.2 Å². The molecule has 0 spiro atoms. The zero-order valence-corrected chi connectivity index (χ0v) is 11.0. The highest BCUT2D eigenvalue weighted by Gasteiger charge is 2.23. The molecular formula is C14H28N2. The van der Waals surface area contributed by atoms with Gasteiger partial charge in [-0.1, -0.05) is 12.8 Å². The monoisotopic (exact) mass is 224 g/mol. The molecule has 0 radical (unpaired) electrons. The zero-order chi connectivity index (χ0) is 11.4. The minimum atomic E-state index is 0.745. The van der Waals surface area contributed by atoms with Crippen LogP contribution in [0, 0.1) is 11.8 Å². The molecule has 0 aromatic rings. The average molecular weight is 224 g/mol. The van der Waals surface area contributed by atoms with Crippen molar-refractivity contribution >= 4 is 0 Å². The maximum absolute atomic E-state index is 3.79. The second-order valence-corrected chi connectivity index (χ2v) is 6.01. The highest BCUT2D eigenvalue weighted by atomic mass is 15.1. The molecule has 94 valence electrons. The Morgan fingerprint density at radius 3 is 2.62 bits per heavy atom. The summed E-state index contributed by atoms with van der Waals surface area (Å²) in [5.41, 5.74) is 0. The van der Waals surface area contributed by atoms with Crippen LogP contribution in [-0.4, -0.2) is 37.6 Å². The van der Waals surface area contributed by atoms with Crippen molar-refractivity contribution in [3.8, 4) is 0 Å². The van der Waals surface area contributed by atoms with E-state index in [1.54, 1.807) is 0 Å². The lowest BCUT2D eigenvalue weighted by molar-refractivity contribution is 0.199. The molecule has 1 aliphatic heterocycles. The van der Waals surface area contributed by atoms with E-state index in [9.17, 15) is 0 Å². The summed E-state index contributed by atoms with van der Waals surface area (Å²) in [6.07, 6.45) is 8.65. The van der Waals surface area contributed by atoms with Gasteiger partial charge in [-0.15, -0.1) is 0 Å². The Morgan fingerprint density at radius 1 is 1.19 bits per heavy atom. The van der Waals surface area contributed by atoms with Crippen LogP contribution in [0.15, 0.2) is 0 Å². The zero-order valence-electron chi connectivity index (χ0n) is 11.0. The van der Waals surface area contributed by atoms with Crippen LogP contribution >= 0.6 is 0 Å². The molecule has 2 atom stereocenters. The molecule has 0 aromatic heterocycles. The van der Waals surface area contributed by atoms with Crippen molar-refractivity contribution in [1.29, 1.82) is 0 Å². The highest BCUT2D eigenvalue weighted by Crippen LogP contribution is 2.27. The minimum absolute atomic E-state index is 0.745. The Labute approximate surface area is 101 Å². The molecule has 2 heteroatoms. The number of piperidine rings is 1. The fraction of sp³-hybridized carbons (Fsp3) is 1.00. The molecule has 2 nitrogen and oxygen atoms in total. The van der Waals surface area contributed by atoms with E-state index >= 15 is 0 Å². The fourth-order valence-corrected chi connectivity index (χ4v) is 3.42. The standard InChI is InChI=1S/C14H28N2/c1-12(14-7-3-4-8-14)15-10-13-6-5-9-16(2)11-13/h12-15H,3-11H2,1-2H3. The maximum Gasteiger partial charge on any atom is 0.00671 e. The molecule has 1 aliphatic carbocycles. The summed E-state index contributed by atoms with van der Waals surface area (Å²) in [7, 11) is 2.26. The van der Waals surface area contributed by atoms with Gasteiger partial charge < -0.3 is 10.2 Å². The van der Waals surface area contributed by atoms with E-state index in [0.717, 1.165) is 17.9 Å². The fourth-order valence-electron chi connectivity index (χ4n) is 3.42. The number of likely N-dealkylation sites (tertiary alicyclic amines) is 1. The third kappa shape index (κ3) is 3.46. The maximum atomic E-state index is 3.79. The van der Waals surface area contributed by atoms with Gasteiger partial charge in [0.2, 0.25) is 0 Å². The molecule has 1 saturated heterocycles. The van der Waals surface area contributed by atoms with E-state index in [0.29, 0.717) is 0 Å². The lowest BCUT2D eigenvalue weighted by Gasteiger charge is -2.31. The second kappa shape index (κ2) is 6.02. The summed E-state index contributed by atoms with van der Waals surface area (Å²) in [6.45, 7) is 6.23. The SMILES string of the molecule is CC(NCC1CCCN(C)C1)C1CCCC1. The molecule has 0 bridgehead atoms. The third-order valence-corrected chi connectivity index (χ3v) is 4.56. The first-order valence-corrected chi connectivity index (χ1v) is 7.17. The van der Waals surface area contributed by atoms with Gasteiger partial charge in [0.1, 0.15) is 0 Å². The first-order valence-electron chi connectivity index (χ1n) is 7.17. The molecule has 2 unspecified atom stereocenters. The summed E-state index contributed by atoms with van der Waals surface area (Å²) in [5.74, 6) is 1.85. The van der Waals surface area contributed by atoms with Crippen molar-refractivity contribution in [2.75, 3.05) is 26.7 Å². The lowest BCUT2D eigenvalue weighted by atomic mass is 9.96. The predicted molar refractivity (Wildman–Crippen MR) is 69.6 cm³/mol. The molecule has 2 fully saturated rings. The van der Waals surface area contributed by atoms with Crippen LogP contribution in [-0.2, 0) is 0 Å². The quantitative estimate of drug-likeness (QED) is 0.789. The first kappa shape index (κ1) is 12.4. The molecule has 1 heterocycles. The second-order valence-electron chi connectivity index (χ2n) is 6.01. The lowest BCUT2D eigenvalue weighted by Crippen LogP contribution is -2.41. The first-order chi connectivity index (χ1) is 7.75. The van der Waals surface area contributed by atoms with Crippen molar-refractivity contribution < 1.29 is 0 Å². The number of hydrogen-bond donors (Lipinski definition) is 1. The van der Waals surface area contributed by atoms with Crippen molar-refractivity contribution in [2.24, 2.45) is 11.8 Å². The van der Waals surface area contributed by atoms with E-state index in [4.69, 9.17) is 0 Å². The smallest absolute Gasteiger partial charge is 0.00671 e. The van der Waals surface area contributed by atoms with Gasteiger partial charge in [-0.3, -0.25) is 0 Å². The van der Waals surface area contributed by atoms with Crippen LogP contribution in [0.5, 0.6) is 0 Å². The number of nitrogens with zero attached hydrogens (tertiary/aromatic N) is 1. The van der Waals surface area contributed by atoms with Gasteiger partial charge in [0.15, 0.2) is 0 Å². The normalized spacial score (nSPS) is 30.8. The molecule has 1 N–H and O–H groups in total. The molecule has 16 heavy (non-hydrogen) atoms. The van der Waals surface area contributed by atoms with Gasteiger partial charge in [-0.05, 0) is 64.6 Å². The summed E-state index contributed by atoms with van der Waals surface area (Å²) < 4.78 is 0. The van der Waals surface area contributed by atoms with Gasteiger partial charge in [0, 0.05) is 12.6 Å². The summed E-state index contributed by atoms with van der Waals surface area (Å²) in [5, 5.41) is 3.79. The minimum Gasteiger partial charge on any atom is -0.314 e. The number of nitrogens with one attached hydrogen (secondary N) is 1. The Hall–Kier alpha value is -0.0800. The Kier molecular flexibility index (Phi) is 4.66. The van der Waals surface area contributed by atoms with Crippen molar-refractivity contribution in [3.63, 3.8) is 0 Å². The van der Waals surface area contributed by atoms with Crippen LogP contribution in [0.1, 0.15) is 45.4 Å². The van der Waals surface area contributed by atoms with Gasteiger partial charge in [0.25, 0.3) is 0 Å². The molecule has 1 saturated carbocycles. The van der Waals surface area contributed by atoms with E-state index < -0.39 is 0 Å². The Balaban J connectivity index is 1.65. The van der Waals surface area contributed by atoms with E-state index in [1.807, 2.05) is 0 Å². The molecule has 2 aliphatic rings. The van der Waals surface area contributed by atoms with E-state index in [1.165, 1.54) is 58.2 Å². The molecule has 0 amide bonds. The van der Waals surface area contributed by atoms with E-state index in [-0.39, 0.29) is 0 Å². The van der Waals surface area contributed by atoms with Crippen LogP contribution in [0.25, 0.3) is 0 Å². The predicted octanol–water partition coefficient (Wildman–Crippen LogP) is 2.50. The molecule has 0 aromatic carbocycles. The third-order valence-electron chi connectivity index (χ3n) is 4.56. The summed E-state index contributed by atoms with van der Waals surface area (Å²) in [6, 6.07) is 0.745. The van der Waals surface area contributed by atoms with Crippen LogP contribution in [0.3, 0.4) is 0 Å². The van der Waals surface area contributed by atoms with Crippen LogP contribution < -0.4 is 5.32 Å². The number of hydrogen-bond acceptors (Lipinski definition) is 2. The summed E-state index contributed by atoms with van der Waals surface area (Å²) >= 11 is 0. The topological polar surface area (TPSA) is 15.3 Å². The van der Waals surface area contributed by atoms with Crippen molar-refractivity contribution in [3.05, 3.63) is 0 Å². The average Bonchev–Trinajstić information content (AvgIpc) is 2.79. The van der Waals surface area contributed by atoms with Gasteiger partial charge in [-0.2, -0.15) is 0 Å². The number of rotatable bonds is 4. The van der Waals surface area contributed by atoms with Gasteiger partial charge in [-0.25, -0.2) is 0 Å². The Bertz CT molecular complexity index is 197. The van der Waals surface area contributed by atoms with Gasteiger partial charge >= 0.3 is 0 Å². The summed E-state index contributed by atoms with van der Waals surface area (Å²) in [4.78, 5) is 2.48. The Morgan fingerprint density at radius 2 is 1.94 bits per heavy atom. The van der Waals surface area contributed by atoms with Gasteiger partial charge in [0.05, 0.1) is 0 Å². The van der Waals surface area contributed by atoms with Crippen molar-refractivity contribution in [2.45, 2.75) is 51.5 Å².